The van der Waals surface area contributed by atoms with E-state index in [2.05, 4.69) is 20.5 Å². The van der Waals surface area contributed by atoms with Crippen LogP contribution in [0.2, 0.25) is 0 Å². The molecule has 6 aromatic rings. The van der Waals surface area contributed by atoms with Gasteiger partial charge in [-0.2, -0.15) is 5.10 Å². The molecule has 0 bridgehead atoms. The minimum atomic E-state index is -0.562. The zero-order valence-corrected chi connectivity index (χ0v) is 23.7. The predicted octanol–water partition coefficient (Wildman–Crippen LogP) is 4.63. The number of nitrogen functional groups attached to an aromatic ring is 1. The van der Waals surface area contributed by atoms with E-state index >= 15 is 0 Å². The van der Waals surface area contributed by atoms with Gasteiger partial charge in [-0.15, -0.1) is 5.10 Å². The van der Waals surface area contributed by atoms with Crippen LogP contribution in [0.15, 0.2) is 77.9 Å². The summed E-state index contributed by atoms with van der Waals surface area (Å²) in [5.74, 6) is -0.354. The molecule has 1 unspecified atom stereocenters. The third kappa shape index (κ3) is 4.52. The molecule has 1 atom stereocenters. The number of nitrogens with one attached hydrogen (secondary N) is 1. The Morgan fingerprint density at radius 2 is 1.81 bits per heavy atom. The molecule has 1 amide bonds. The number of benzene rings is 2. The van der Waals surface area contributed by atoms with Crippen LogP contribution in [0, 0.1) is 13.8 Å². The SMILES string of the molecule is Cc1nn(C)c(C)c1/C=C/c1cccc2cc(C(C)NC(=O)c3c(N)nn4cccnc34)n(-c3ccccc3)c(=O)c12. The summed E-state index contributed by atoms with van der Waals surface area (Å²) in [5, 5.41) is 13.1. The monoisotopic (exact) mass is 558 g/mol. The molecule has 4 heterocycles. The van der Waals surface area contributed by atoms with Crippen LogP contribution < -0.4 is 16.6 Å². The molecule has 2 aromatic carbocycles. The van der Waals surface area contributed by atoms with Crippen molar-refractivity contribution in [3.8, 4) is 5.69 Å². The predicted molar refractivity (Wildman–Crippen MR) is 164 cm³/mol. The number of hydrogen-bond donors (Lipinski definition) is 2. The molecule has 6 rings (SSSR count). The molecule has 210 valence electrons. The van der Waals surface area contributed by atoms with E-state index in [1.54, 1.807) is 23.0 Å². The maximum atomic E-state index is 14.3. The molecule has 0 fully saturated rings. The highest BCUT2D eigenvalue weighted by molar-refractivity contribution is 6.04. The molecule has 42 heavy (non-hydrogen) atoms. The summed E-state index contributed by atoms with van der Waals surface area (Å²) in [6.07, 6.45) is 7.22. The first-order valence-corrected chi connectivity index (χ1v) is 13.6. The Bertz CT molecular complexity index is 2070. The Morgan fingerprint density at radius 1 is 1.02 bits per heavy atom. The number of nitrogens with zero attached hydrogens (tertiary/aromatic N) is 6. The van der Waals surface area contributed by atoms with Gasteiger partial charge in [0.15, 0.2) is 11.5 Å². The zero-order chi connectivity index (χ0) is 29.5. The van der Waals surface area contributed by atoms with Crippen molar-refractivity contribution in [1.82, 2.24) is 34.3 Å². The van der Waals surface area contributed by atoms with E-state index in [1.165, 1.54) is 4.52 Å². The van der Waals surface area contributed by atoms with Gasteiger partial charge in [-0.25, -0.2) is 9.50 Å². The highest BCUT2D eigenvalue weighted by atomic mass is 16.2. The number of pyridine rings is 1. The minimum absolute atomic E-state index is 0.0767. The summed E-state index contributed by atoms with van der Waals surface area (Å²) in [5.41, 5.74) is 11.5. The van der Waals surface area contributed by atoms with Crippen LogP contribution in [0.3, 0.4) is 0 Å². The second-order valence-electron chi connectivity index (χ2n) is 10.2. The second-order valence-corrected chi connectivity index (χ2v) is 10.2. The summed E-state index contributed by atoms with van der Waals surface area (Å²) in [6, 6.07) is 18.3. The molecular formula is C32H30N8O2. The van der Waals surface area contributed by atoms with Gasteiger partial charge in [0.05, 0.1) is 17.1 Å². The van der Waals surface area contributed by atoms with Crippen molar-refractivity contribution in [2.45, 2.75) is 26.8 Å². The third-order valence-electron chi connectivity index (χ3n) is 7.56. The lowest BCUT2D eigenvalue weighted by Crippen LogP contribution is -2.32. The van der Waals surface area contributed by atoms with Crippen molar-refractivity contribution in [2.24, 2.45) is 7.05 Å². The van der Waals surface area contributed by atoms with Crippen molar-refractivity contribution in [3.05, 3.63) is 117 Å². The van der Waals surface area contributed by atoms with Gasteiger partial charge in [-0.05, 0) is 56.0 Å². The fourth-order valence-corrected chi connectivity index (χ4v) is 5.38. The summed E-state index contributed by atoms with van der Waals surface area (Å²) in [6.45, 7) is 5.82. The lowest BCUT2D eigenvalue weighted by Gasteiger charge is -2.21. The van der Waals surface area contributed by atoms with Crippen LogP contribution in [-0.2, 0) is 7.05 Å². The minimum Gasteiger partial charge on any atom is -0.381 e. The molecule has 10 nitrogen and oxygen atoms in total. The van der Waals surface area contributed by atoms with Gasteiger partial charge >= 0.3 is 0 Å². The lowest BCUT2D eigenvalue weighted by atomic mass is 10.0. The van der Waals surface area contributed by atoms with Crippen LogP contribution >= 0.6 is 0 Å². The number of anilines is 1. The first kappa shape index (κ1) is 26.7. The number of carbonyl (C=O) groups is 1. The first-order chi connectivity index (χ1) is 20.2. The number of carbonyl (C=O) groups excluding carboxylic acids is 1. The molecular weight excluding hydrogens is 528 g/mol. The molecule has 0 saturated carbocycles. The lowest BCUT2D eigenvalue weighted by molar-refractivity contribution is 0.0941. The van der Waals surface area contributed by atoms with Gasteiger partial charge in [0, 0.05) is 42.1 Å². The Kier molecular flexibility index (Phi) is 6.66. The standard InChI is InChI=1S/C32H30N8O2/c1-19-25(21(3)38(4)36-19)15-14-22-10-8-11-23-18-26(40(32(42)27(22)23)24-12-6-5-7-13-24)20(2)35-31(41)28-29(33)37-39-17-9-16-34-30(28)39/h5-18,20H,1-4H3,(H2,33,37)(H,35,41)/b15-14+. The van der Waals surface area contributed by atoms with Gasteiger partial charge in [0.1, 0.15) is 5.56 Å². The van der Waals surface area contributed by atoms with Gasteiger partial charge in [-0.1, -0.05) is 48.6 Å². The van der Waals surface area contributed by atoms with Gasteiger partial charge in [0.25, 0.3) is 11.5 Å². The van der Waals surface area contributed by atoms with Crippen molar-refractivity contribution in [3.63, 3.8) is 0 Å². The van der Waals surface area contributed by atoms with Gasteiger partial charge < -0.3 is 11.1 Å². The largest absolute Gasteiger partial charge is 0.381 e. The molecule has 0 aliphatic rings. The van der Waals surface area contributed by atoms with E-state index in [4.69, 9.17) is 5.73 Å². The number of para-hydroxylation sites is 1. The smallest absolute Gasteiger partial charge is 0.263 e. The normalized spacial score (nSPS) is 12.4. The number of amides is 1. The Hall–Kier alpha value is -5.51. The molecule has 0 spiro atoms. The Balaban J connectivity index is 1.47. The highest BCUT2D eigenvalue weighted by Crippen LogP contribution is 2.26. The summed E-state index contributed by atoms with van der Waals surface area (Å²) < 4.78 is 4.97. The second kappa shape index (κ2) is 10.5. The molecule has 0 aliphatic heterocycles. The number of hydrogen-bond acceptors (Lipinski definition) is 6. The number of fused-ring (bicyclic) bond motifs is 2. The van der Waals surface area contributed by atoms with Crippen LogP contribution in [-0.4, -0.2) is 34.9 Å². The van der Waals surface area contributed by atoms with Crippen LogP contribution in [0.25, 0.3) is 34.3 Å². The van der Waals surface area contributed by atoms with Crippen molar-refractivity contribution >= 4 is 40.3 Å². The average molecular weight is 559 g/mol. The van der Waals surface area contributed by atoms with Crippen molar-refractivity contribution in [1.29, 1.82) is 0 Å². The average Bonchev–Trinajstić information content (AvgIpc) is 3.44. The summed E-state index contributed by atoms with van der Waals surface area (Å²) in [7, 11) is 1.91. The van der Waals surface area contributed by atoms with E-state index in [0.717, 1.165) is 27.9 Å². The highest BCUT2D eigenvalue weighted by Gasteiger charge is 2.24. The molecule has 4 aromatic heterocycles. The Morgan fingerprint density at radius 3 is 2.55 bits per heavy atom. The molecule has 0 aliphatic carbocycles. The van der Waals surface area contributed by atoms with Crippen molar-refractivity contribution in [2.75, 3.05) is 5.73 Å². The van der Waals surface area contributed by atoms with Crippen LogP contribution in [0.5, 0.6) is 0 Å². The maximum absolute atomic E-state index is 14.3. The summed E-state index contributed by atoms with van der Waals surface area (Å²) in [4.78, 5) is 32.1. The van der Waals surface area contributed by atoms with Crippen molar-refractivity contribution < 1.29 is 4.79 Å². The number of aromatic nitrogens is 6. The van der Waals surface area contributed by atoms with E-state index in [0.29, 0.717) is 22.4 Å². The molecule has 0 radical (unpaired) electrons. The van der Waals surface area contributed by atoms with Crippen LogP contribution in [0.4, 0.5) is 5.82 Å². The van der Waals surface area contributed by atoms with Crippen LogP contribution in [0.1, 0.15) is 51.5 Å². The number of rotatable bonds is 6. The third-order valence-corrected chi connectivity index (χ3v) is 7.56. The van der Waals surface area contributed by atoms with Gasteiger partial charge in [0.2, 0.25) is 0 Å². The summed E-state index contributed by atoms with van der Waals surface area (Å²) >= 11 is 0. The zero-order valence-electron chi connectivity index (χ0n) is 23.7. The molecule has 0 saturated heterocycles. The maximum Gasteiger partial charge on any atom is 0.263 e. The van der Waals surface area contributed by atoms with E-state index < -0.39 is 11.9 Å². The first-order valence-electron chi connectivity index (χ1n) is 13.6. The number of aryl methyl sites for hydroxylation is 2. The fraction of sp³-hybridized carbons (Fsp3) is 0.156. The quantitative estimate of drug-likeness (QED) is 0.307. The van der Waals surface area contributed by atoms with Gasteiger partial charge in [-0.3, -0.25) is 18.8 Å². The van der Waals surface area contributed by atoms with E-state index in [-0.39, 0.29) is 16.9 Å². The molecule has 3 N–H and O–H groups in total. The topological polar surface area (TPSA) is 125 Å². The molecule has 10 heteroatoms. The van der Waals surface area contributed by atoms with E-state index in [1.807, 2.05) is 99.3 Å². The number of nitrogens with two attached hydrogens (primary N) is 1. The van der Waals surface area contributed by atoms with E-state index in [9.17, 15) is 9.59 Å². The fourth-order valence-electron chi connectivity index (χ4n) is 5.38. The Labute approximate surface area is 241 Å².